The summed E-state index contributed by atoms with van der Waals surface area (Å²) in [7, 11) is 0. The minimum absolute atomic E-state index is 0.157. The fraction of sp³-hybridized carbons (Fsp3) is 0.600. The average Bonchev–Trinajstić information content (AvgIpc) is 3.33. The van der Waals surface area contributed by atoms with Gasteiger partial charge in [0.15, 0.2) is 5.57 Å². The second-order valence-electron chi connectivity index (χ2n) is 7.07. The Bertz CT molecular complexity index is 704. The van der Waals surface area contributed by atoms with Gasteiger partial charge in [0.1, 0.15) is 29.5 Å². The highest BCUT2D eigenvalue weighted by Gasteiger charge is 2.20. The van der Waals surface area contributed by atoms with Crippen molar-refractivity contribution in [3.05, 3.63) is 35.0 Å². The number of piperidine rings is 1. The Morgan fingerprint density at radius 1 is 1.07 bits per heavy atom. The van der Waals surface area contributed by atoms with Crippen LogP contribution in [0, 0.1) is 22.7 Å². The molecule has 2 N–H and O–H groups in total. The van der Waals surface area contributed by atoms with Gasteiger partial charge >= 0.3 is 0 Å². The molecule has 2 aliphatic rings. The average molecular weight is 368 g/mol. The van der Waals surface area contributed by atoms with Crippen molar-refractivity contribution in [2.45, 2.75) is 32.2 Å². The van der Waals surface area contributed by atoms with E-state index in [1.165, 1.54) is 32.4 Å². The van der Waals surface area contributed by atoms with Crippen LogP contribution in [0.25, 0.3) is 0 Å². The standard InChI is InChI=1S/C20H28N6O/c21-14-17(15-22)20-24-9-13-26(20)12-8-23-7-6-18-4-5-19(27-18)16-25-10-2-1-3-11-25/h4-5,23-24H,1-3,6-13,16H2. The van der Waals surface area contributed by atoms with Gasteiger partial charge in [0.25, 0.3) is 0 Å². The summed E-state index contributed by atoms with van der Waals surface area (Å²) in [4.78, 5) is 4.52. The van der Waals surface area contributed by atoms with E-state index in [2.05, 4.69) is 32.6 Å². The summed E-state index contributed by atoms with van der Waals surface area (Å²) >= 11 is 0. The normalized spacial score (nSPS) is 17.4. The number of hydrogen-bond donors (Lipinski definition) is 2. The van der Waals surface area contributed by atoms with Crippen molar-refractivity contribution in [2.24, 2.45) is 0 Å². The summed E-state index contributed by atoms with van der Waals surface area (Å²) in [5, 5.41) is 24.6. The highest BCUT2D eigenvalue weighted by atomic mass is 16.3. The summed E-state index contributed by atoms with van der Waals surface area (Å²) in [6.45, 7) is 7.29. The Morgan fingerprint density at radius 3 is 2.63 bits per heavy atom. The molecule has 0 saturated carbocycles. The van der Waals surface area contributed by atoms with Gasteiger partial charge in [-0.2, -0.15) is 10.5 Å². The molecule has 3 rings (SSSR count). The van der Waals surface area contributed by atoms with E-state index in [1.54, 1.807) is 0 Å². The molecule has 1 aromatic rings. The van der Waals surface area contributed by atoms with Crippen LogP contribution >= 0.6 is 0 Å². The Balaban J connectivity index is 1.35. The maximum absolute atomic E-state index is 9.02. The molecule has 1 aromatic heterocycles. The van der Waals surface area contributed by atoms with Crippen molar-refractivity contribution >= 4 is 0 Å². The van der Waals surface area contributed by atoms with Crippen LogP contribution < -0.4 is 10.6 Å². The van der Waals surface area contributed by atoms with Gasteiger partial charge in [-0.3, -0.25) is 4.90 Å². The summed E-state index contributed by atoms with van der Waals surface area (Å²) in [6, 6.07) is 8.09. The minimum atomic E-state index is 0.157. The fourth-order valence-corrected chi connectivity index (χ4v) is 3.66. The van der Waals surface area contributed by atoms with E-state index in [0.717, 1.165) is 57.2 Å². The summed E-state index contributed by atoms with van der Waals surface area (Å²) in [6.07, 6.45) is 4.81. The second kappa shape index (κ2) is 10.0. The van der Waals surface area contributed by atoms with Crippen molar-refractivity contribution in [1.29, 1.82) is 10.5 Å². The lowest BCUT2D eigenvalue weighted by Gasteiger charge is -2.25. The molecule has 2 saturated heterocycles. The number of likely N-dealkylation sites (tertiary alicyclic amines) is 1. The quantitative estimate of drug-likeness (QED) is 0.531. The molecule has 27 heavy (non-hydrogen) atoms. The minimum Gasteiger partial charge on any atom is -0.465 e. The van der Waals surface area contributed by atoms with Crippen LogP contribution in [0.4, 0.5) is 0 Å². The van der Waals surface area contributed by atoms with Crippen molar-refractivity contribution in [2.75, 3.05) is 45.8 Å². The third kappa shape index (κ3) is 5.50. The number of nitrogens with one attached hydrogen (secondary N) is 2. The molecule has 2 fully saturated rings. The molecule has 7 nitrogen and oxygen atoms in total. The fourth-order valence-electron chi connectivity index (χ4n) is 3.66. The van der Waals surface area contributed by atoms with Gasteiger partial charge in [0, 0.05) is 39.1 Å². The van der Waals surface area contributed by atoms with E-state index in [-0.39, 0.29) is 5.57 Å². The molecule has 144 valence electrons. The topological polar surface area (TPSA) is 91.3 Å². The Labute approximate surface area is 161 Å². The number of hydrogen-bond acceptors (Lipinski definition) is 7. The van der Waals surface area contributed by atoms with Crippen molar-refractivity contribution in [3.63, 3.8) is 0 Å². The highest BCUT2D eigenvalue weighted by Crippen LogP contribution is 2.15. The largest absolute Gasteiger partial charge is 0.465 e. The first kappa shape index (κ1) is 19.3. The number of nitriles is 2. The van der Waals surface area contributed by atoms with Crippen molar-refractivity contribution in [1.82, 2.24) is 20.4 Å². The van der Waals surface area contributed by atoms with Crippen LogP contribution in [0.1, 0.15) is 30.8 Å². The Morgan fingerprint density at radius 2 is 1.85 bits per heavy atom. The highest BCUT2D eigenvalue weighted by molar-refractivity contribution is 5.39. The molecule has 0 bridgehead atoms. The Hall–Kier alpha value is -2.48. The van der Waals surface area contributed by atoms with E-state index < -0.39 is 0 Å². The van der Waals surface area contributed by atoms with Crippen LogP contribution in [-0.2, 0) is 13.0 Å². The van der Waals surface area contributed by atoms with E-state index >= 15 is 0 Å². The van der Waals surface area contributed by atoms with E-state index in [1.807, 2.05) is 12.1 Å². The van der Waals surface area contributed by atoms with Crippen LogP contribution in [0.15, 0.2) is 27.9 Å². The van der Waals surface area contributed by atoms with Gasteiger partial charge < -0.3 is 20.0 Å². The zero-order valence-electron chi connectivity index (χ0n) is 15.8. The predicted octanol–water partition coefficient (Wildman–Crippen LogP) is 1.56. The molecule has 0 aromatic carbocycles. The summed E-state index contributed by atoms with van der Waals surface area (Å²) in [5.41, 5.74) is 0.157. The van der Waals surface area contributed by atoms with Crippen LogP contribution in [0.5, 0.6) is 0 Å². The Kier molecular flexibility index (Phi) is 7.15. The van der Waals surface area contributed by atoms with Gasteiger partial charge in [0.05, 0.1) is 6.54 Å². The van der Waals surface area contributed by atoms with Gasteiger partial charge in [-0.15, -0.1) is 0 Å². The number of allylic oxidation sites excluding steroid dienone is 1. The van der Waals surface area contributed by atoms with Crippen LogP contribution in [0.2, 0.25) is 0 Å². The van der Waals surface area contributed by atoms with Crippen LogP contribution in [0.3, 0.4) is 0 Å². The first-order chi connectivity index (χ1) is 13.3. The molecule has 0 radical (unpaired) electrons. The predicted molar refractivity (Wildman–Crippen MR) is 102 cm³/mol. The summed E-state index contributed by atoms with van der Waals surface area (Å²) < 4.78 is 5.96. The molecular formula is C20H28N6O. The second-order valence-corrected chi connectivity index (χ2v) is 7.07. The molecular weight excluding hydrogens is 340 g/mol. The lowest BCUT2D eigenvalue weighted by molar-refractivity contribution is 0.203. The van der Waals surface area contributed by atoms with Crippen LogP contribution in [-0.4, -0.2) is 55.6 Å². The molecule has 3 heterocycles. The number of nitrogens with zero attached hydrogens (tertiary/aromatic N) is 4. The first-order valence-electron chi connectivity index (χ1n) is 9.84. The molecule has 0 amide bonds. The molecule has 7 heteroatoms. The monoisotopic (exact) mass is 368 g/mol. The SMILES string of the molecule is N#CC(C#N)=C1NCCN1CCNCCc1ccc(CN2CCCCC2)o1. The van der Waals surface area contributed by atoms with Gasteiger partial charge in [-0.05, 0) is 38.1 Å². The van der Waals surface area contributed by atoms with E-state index in [9.17, 15) is 0 Å². The lowest BCUT2D eigenvalue weighted by atomic mass is 10.1. The summed E-state index contributed by atoms with van der Waals surface area (Å²) in [5.74, 6) is 2.75. The van der Waals surface area contributed by atoms with Gasteiger partial charge in [-0.25, -0.2) is 0 Å². The lowest BCUT2D eigenvalue weighted by Crippen LogP contribution is -2.31. The van der Waals surface area contributed by atoms with Gasteiger partial charge in [0.2, 0.25) is 0 Å². The molecule has 0 atom stereocenters. The molecule has 0 aliphatic carbocycles. The smallest absolute Gasteiger partial charge is 0.169 e. The van der Waals surface area contributed by atoms with Crippen molar-refractivity contribution < 1.29 is 4.42 Å². The maximum Gasteiger partial charge on any atom is 0.169 e. The maximum atomic E-state index is 9.02. The third-order valence-corrected chi connectivity index (χ3v) is 5.10. The van der Waals surface area contributed by atoms with Crippen molar-refractivity contribution in [3.8, 4) is 12.1 Å². The van der Waals surface area contributed by atoms with E-state index in [0.29, 0.717) is 5.82 Å². The number of furan rings is 1. The first-order valence-corrected chi connectivity index (χ1v) is 9.84. The zero-order valence-corrected chi connectivity index (χ0v) is 15.8. The number of rotatable bonds is 8. The van der Waals surface area contributed by atoms with E-state index in [4.69, 9.17) is 14.9 Å². The molecule has 0 spiro atoms. The third-order valence-electron chi connectivity index (χ3n) is 5.10. The molecule has 2 aliphatic heterocycles. The zero-order chi connectivity index (χ0) is 18.9. The van der Waals surface area contributed by atoms with Gasteiger partial charge in [-0.1, -0.05) is 6.42 Å². The molecule has 0 unspecified atom stereocenters.